The maximum Gasteiger partial charge on any atom is 0.182 e. The molecule has 1 aliphatic heterocycles. The predicted octanol–water partition coefficient (Wildman–Crippen LogP) is 0.721. The van der Waals surface area contributed by atoms with Gasteiger partial charge in [-0.25, -0.2) is 9.97 Å². The third-order valence-electron chi connectivity index (χ3n) is 2.92. The quantitative estimate of drug-likeness (QED) is 0.798. The number of nitrogens with zero attached hydrogens (tertiary/aromatic N) is 3. The fourth-order valence-electron chi connectivity index (χ4n) is 2.12. The van der Waals surface area contributed by atoms with Crippen LogP contribution in [-0.2, 0) is 0 Å². The summed E-state index contributed by atoms with van der Waals surface area (Å²) in [5, 5.41) is 0. The third kappa shape index (κ3) is 2.09. The molecule has 1 aromatic heterocycles. The second-order valence-electron chi connectivity index (χ2n) is 4.16. The van der Waals surface area contributed by atoms with E-state index in [1.54, 1.807) is 13.4 Å². The lowest BCUT2D eigenvalue weighted by atomic mass is 10.1. The third-order valence-corrected chi connectivity index (χ3v) is 2.92. The molecular weight excluding hydrogens is 204 g/mol. The van der Waals surface area contributed by atoms with Crippen molar-refractivity contribution >= 4 is 5.82 Å². The molecule has 1 atom stereocenters. The van der Waals surface area contributed by atoms with Crippen LogP contribution in [0.5, 0.6) is 5.75 Å². The molecule has 0 bridgehead atoms. The van der Waals surface area contributed by atoms with Crippen LogP contribution in [0.25, 0.3) is 0 Å². The largest absolute Gasteiger partial charge is 0.491 e. The van der Waals surface area contributed by atoms with Gasteiger partial charge in [-0.1, -0.05) is 0 Å². The van der Waals surface area contributed by atoms with Gasteiger partial charge in [0, 0.05) is 19.1 Å². The van der Waals surface area contributed by atoms with Crippen LogP contribution in [0.2, 0.25) is 0 Å². The van der Waals surface area contributed by atoms with E-state index in [-0.39, 0.29) is 6.04 Å². The summed E-state index contributed by atoms with van der Waals surface area (Å²) in [5.74, 6) is 1.63. The number of ether oxygens (including phenoxy) is 1. The lowest BCUT2D eigenvalue weighted by Crippen LogP contribution is -2.43. The van der Waals surface area contributed by atoms with Crippen LogP contribution in [0, 0.1) is 6.92 Å². The highest BCUT2D eigenvalue weighted by Gasteiger charge is 2.21. The van der Waals surface area contributed by atoms with Gasteiger partial charge in [-0.2, -0.15) is 0 Å². The Labute approximate surface area is 95.6 Å². The summed E-state index contributed by atoms with van der Waals surface area (Å²) < 4.78 is 5.36. The van der Waals surface area contributed by atoms with Gasteiger partial charge in [-0.05, 0) is 19.8 Å². The number of piperidine rings is 1. The molecule has 0 saturated carbocycles. The number of anilines is 1. The van der Waals surface area contributed by atoms with E-state index in [2.05, 4.69) is 14.9 Å². The number of rotatable bonds is 2. The zero-order chi connectivity index (χ0) is 11.5. The summed E-state index contributed by atoms with van der Waals surface area (Å²) in [6.45, 7) is 3.75. The molecule has 1 saturated heterocycles. The summed E-state index contributed by atoms with van der Waals surface area (Å²) in [6.07, 6.45) is 3.77. The molecule has 0 amide bonds. The summed E-state index contributed by atoms with van der Waals surface area (Å²) in [5.41, 5.74) is 6.83. The summed E-state index contributed by atoms with van der Waals surface area (Å²) in [6, 6.07) is 0.230. The van der Waals surface area contributed by atoms with E-state index < -0.39 is 0 Å². The molecule has 1 aliphatic rings. The van der Waals surface area contributed by atoms with Gasteiger partial charge >= 0.3 is 0 Å². The minimum atomic E-state index is 0.230. The first-order valence-corrected chi connectivity index (χ1v) is 5.58. The monoisotopic (exact) mass is 222 g/mol. The van der Waals surface area contributed by atoms with E-state index in [9.17, 15) is 0 Å². The first-order chi connectivity index (χ1) is 7.72. The molecule has 0 aliphatic carbocycles. The molecule has 16 heavy (non-hydrogen) atoms. The molecule has 5 heteroatoms. The molecule has 1 unspecified atom stereocenters. The predicted molar refractivity (Wildman–Crippen MR) is 62.7 cm³/mol. The van der Waals surface area contributed by atoms with Gasteiger partial charge < -0.3 is 15.4 Å². The summed E-state index contributed by atoms with van der Waals surface area (Å²) in [7, 11) is 1.65. The van der Waals surface area contributed by atoms with Crippen molar-refractivity contribution in [3.8, 4) is 5.75 Å². The topological polar surface area (TPSA) is 64.3 Å². The molecule has 1 fully saturated rings. The van der Waals surface area contributed by atoms with E-state index in [1.807, 2.05) is 6.92 Å². The maximum atomic E-state index is 5.97. The Hall–Kier alpha value is -1.36. The lowest BCUT2D eigenvalue weighted by Gasteiger charge is -2.32. The molecule has 1 aromatic rings. The van der Waals surface area contributed by atoms with E-state index >= 15 is 0 Å². The minimum absolute atomic E-state index is 0.230. The van der Waals surface area contributed by atoms with Crippen molar-refractivity contribution in [2.75, 3.05) is 25.1 Å². The highest BCUT2D eigenvalue weighted by atomic mass is 16.5. The number of hydrogen-bond acceptors (Lipinski definition) is 5. The molecule has 2 heterocycles. The van der Waals surface area contributed by atoms with Crippen LogP contribution in [0.3, 0.4) is 0 Å². The smallest absolute Gasteiger partial charge is 0.182 e. The lowest BCUT2D eigenvalue weighted by molar-refractivity contribution is 0.402. The molecule has 2 N–H and O–H groups in total. The Morgan fingerprint density at radius 2 is 2.31 bits per heavy atom. The zero-order valence-corrected chi connectivity index (χ0v) is 9.81. The van der Waals surface area contributed by atoms with Crippen molar-refractivity contribution in [1.82, 2.24) is 9.97 Å². The Morgan fingerprint density at radius 1 is 1.50 bits per heavy atom. The average molecular weight is 222 g/mol. The van der Waals surface area contributed by atoms with Crippen LogP contribution < -0.4 is 15.4 Å². The first kappa shape index (κ1) is 11.1. The second-order valence-corrected chi connectivity index (χ2v) is 4.16. The number of aromatic nitrogens is 2. The molecule has 2 rings (SSSR count). The number of aryl methyl sites for hydroxylation is 1. The van der Waals surface area contributed by atoms with E-state index in [4.69, 9.17) is 10.5 Å². The van der Waals surface area contributed by atoms with Crippen molar-refractivity contribution in [3.05, 3.63) is 12.0 Å². The summed E-state index contributed by atoms with van der Waals surface area (Å²) >= 11 is 0. The first-order valence-electron chi connectivity index (χ1n) is 5.58. The van der Waals surface area contributed by atoms with Crippen LogP contribution in [-0.4, -0.2) is 36.2 Å². The highest BCUT2D eigenvalue weighted by Crippen LogP contribution is 2.29. The SMILES string of the molecule is COc1c(C)ncnc1N1CCCC(N)C1. The molecule has 0 radical (unpaired) electrons. The van der Waals surface area contributed by atoms with Crippen LogP contribution in [0.1, 0.15) is 18.5 Å². The van der Waals surface area contributed by atoms with Crippen molar-refractivity contribution in [2.45, 2.75) is 25.8 Å². The zero-order valence-electron chi connectivity index (χ0n) is 9.81. The van der Waals surface area contributed by atoms with Crippen molar-refractivity contribution in [1.29, 1.82) is 0 Å². The maximum absolute atomic E-state index is 5.97. The van der Waals surface area contributed by atoms with Crippen molar-refractivity contribution in [2.24, 2.45) is 5.73 Å². The normalized spacial score (nSPS) is 20.9. The van der Waals surface area contributed by atoms with Gasteiger partial charge in [0.15, 0.2) is 11.6 Å². The standard InChI is InChI=1S/C11H18N4O/c1-8-10(16-2)11(14-7-13-8)15-5-3-4-9(12)6-15/h7,9H,3-6,12H2,1-2H3. The molecule has 5 nitrogen and oxygen atoms in total. The minimum Gasteiger partial charge on any atom is -0.491 e. The van der Waals surface area contributed by atoms with E-state index in [1.165, 1.54) is 0 Å². The second kappa shape index (κ2) is 4.65. The van der Waals surface area contributed by atoms with Crippen molar-refractivity contribution in [3.63, 3.8) is 0 Å². The van der Waals surface area contributed by atoms with Gasteiger partial charge in [0.2, 0.25) is 0 Å². The fourth-order valence-corrected chi connectivity index (χ4v) is 2.12. The van der Waals surface area contributed by atoms with E-state index in [0.29, 0.717) is 0 Å². The Balaban J connectivity index is 2.28. The van der Waals surface area contributed by atoms with Crippen LogP contribution >= 0.6 is 0 Å². The highest BCUT2D eigenvalue weighted by molar-refractivity contribution is 5.54. The van der Waals surface area contributed by atoms with Crippen LogP contribution in [0.4, 0.5) is 5.82 Å². The molecule has 0 aromatic carbocycles. The van der Waals surface area contributed by atoms with Gasteiger partial charge in [0.1, 0.15) is 6.33 Å². The van der Waals surface area contributed by atoms with Gasteiger partial charge in [-0.3, -0.25) is 0 Å². The van der Waals surface area contributed by atoms with Gasteiger partial charge in [0.25, 0.3) is 0 Å². The number of nitrogens with two attached hydrogens (primary N) is 1. The van der Waals surface area contributed by atoms with E-state index in [0.717, 1.165) is 43.2 Å². The Kier molecular flexibility index (Phi) is 3.24. The Bertz CT molecular complexity index is 369. The number of hydrogen-bond donors (Lipinski definition) is 1. The molecule has 0 spiro atoms. The van der Waals surface area contributed by atoms with Gasteiger partial charge in [0.05, 0.1) is 12.8 Å². The van der Waals surface area contributed by atoms with Gasteiger partial charge in [-0.15, -0.1) is 0 Å². The fraction of sp³-hybridized carbons (Fsp3) is 0.636. The number of methoxy groups -OCH3 is 1. The van der Waals surface area contributed by atoms with Crippen molar-refractivity contribution < 1.29 is 4.74 Å². The summed E-state index contributed by atoms with van der Waals surface area (Å²) in [4.78, 5) is 10.6. The van der Waals surface area contributed by atoms with Crippen LogP contribution in [0.15, 0.2) is 6.33 Å². The average Bonchev–Trinajstić information content (AvgIpc) is 2.28. The molecule has 88 valence electrons. The Morgan fingerprint density at radius 3 is 3.00 bits per heavy atom. The molecular formula is C11H18N4O.